The van der Waals surface area contributed by atoms with Crippen molar-refractivity contribution in [2.24, 2.45) is 5.92 Å². The zero-order valence-electron chi connectivity index (χ0n) is 36.6. The summed E-state index contributed by atoms with van der Waals surface area (Å²) in [7, 11) is 0. The summed E-state index contributed by atoms with van der Waals surface area (Å²) < 4.78 is 32.0. The SMILES string of the molecule is Cc1cc(CCCC=O)ccc1Cc1c(O[C@@H]2O[C@H](COC(=O)c3ccccc3)[C@@H](OC(=O)c3ccccc3)[C@H](OC(=O)c3ccccc3)[C@H]2CC(=O)c2ccccc2)n[nH]c1C(C)C. The van der Waals surface area contributed by atoms with E-state index in [1.54, 1.807) is 121 Å². The van der Waals surface area contributed by atoms with E-state index >= 15 is 0 Å². The Balaban J connectivity index is 1.31. The number of nitrogens with one attached hydrogen (secondary N) is 1. The van der Waals surface area contributed by atoms with Gasteiger partial charge in [-0.3, -0.25) is 9.89 Å². The smallest absolute Gasteiger partial charge is 0.338 e. The Morgan fingerprint density at radius 1 is 0.723 bits per heavy atom. The van der Waals surface area contributed by atoms with Crippen LogP contribution in [0, 0.1) is 12.8 Å². The minimum Gasteiger partial charge on any atom is -0.459 e. The Hall–Kier alpha value is -7.18. The summed E-state index contributed by atoms with van der Waals surface area (Å²) in [4.78, 5) is 66.8. The number of ether oxygens (including phenoxy) is 5. The van der Waals surface area contributed by atoms with Crippen LogP contribution in [0.15, 0.2) is 140 Å². The second kappa shape index (κ2) is 21.9. The van der Waals surface area contributed by atoms with Crippen molar-refractivity contribution in [1.29, 1.82) is 0 Å². The molecule has 0 bridgehead atoms. The van der Waals surface area contributed by atoms with Gasteiger partial charge in [0.25, 0.3) is 0 Å². The van der Waals surface area contributed by atoms with Crippen LogP contribution in [0.2, 0.25) is 0 Å². The van der Waals surface area contributed by atoms with Gasteiger partial charge in [-0.15, -0.1) is 5.10 Å². The van der Waals surface area contributed by atoms with Crippen molar-refractivity contribution in [3.05, 3.63) is 190 Å². The molecule has 1 aliphatic rings. The number of aromatic nitrogens is 2. The lowest BCUT2D eigenvalue weighted by Gasteiger charge is -2.44. The number of benzene rings is 5. The number of aryl methyl sites for hydroxylation is 2. The standard InChI is InChI=1S/C53H52N2O10/c1-34(2)46-42(31-41-28-27-36(30-35(41)3)18-16-17-29-56)49(55-54-46)65-53-43(32-44(57)37-19-8-4-9-20-37)47(63-51(59)39-23-12-6-13-24-39)48(64-52(60)40-25-14-7-15-26-40)45(62-53)33-61-50(58)38-21-10-5-11-22-38/h4-15,19-30,34,43,45,47-48,53H,16-18,31-33H2,1-3H3,(H,54,55)/t43-,45-,47-,48-,53+/m1/s1. The van der Waals surface area contributed by atoms with Crippen molar-refractivity contribution in [3.8, 4) is 5.88 Å². The van der Waals surface area contributed by atoms with Gasteiger partial charge in [-0.1, -0.05) is 117 Å². The fourth-order valence-corrected chi connectivity index (χ4v) is 7.93. The molecule has 2 heterocycles. The van der Waals surface area contributed by atoms with Crippen molar-refractivity contribution in [3.63, 3.8) is 0 Å². The normalized spacial score (nSPS) is 18.1. The van der Waals surface area contributed by atoms with E-state index in [2.05, 4.69) is 28.4 Å². The molecule has 5 aromatic carbocycles. The third kappa shape index (κ3) is 11.7. The fourth-order valence-electron chi connectivity index (χ4n) is 7.93. The highest BCUT2D eigenvalue weighted by Gasteiger charge is 2.53. The van der Waals surface area contributed by atoms with Crippen LogP contribution in [-0.4, -0.2) is 71.4 Å². The lowest BCUT2D eigenvalue weighted by atomic mass is 9.85. The molecule has 6 aromatic rings. The summed E-state index contributed by atoms with van der Waals surface area (Å²) in [6.45, 7) is 5.64. The first kappa shape index (κ1) is 45.8. The molecule has 12 nitrogen and oxygen atoms in total. The molecule has 0 unspecified atom stereocenters. The molecule has 1 saturated heterocycles. The molecule has 1 N–H and O–H groups in total. The van der Waals surface area contributed by atoms with Crippen LogP contribution in [-0.2, 0) is 36.6 Å². The molecule has 0 amide bonds. The minimum absolute atomic E-state index is 0.00741. The minimum atomic E-state index is -1.41. The van der Waals surface area contributed by atoms with Crippen molar-refractivity contribution < 1.29 is 47.7 Å². The summed E-state index contributed by atoms with van der Waals surface area (Å²) in [5.74, 6) is -3.41. The second-order valence-electron chi connectivity index (χ2n) is 16.3. The van der Waals surface area contributed by atoms with E-state index in [1.807, 2.05) is 20.8 Å². The molecule has 65 heavy (non-hydrogen) atoms. The number of rotatable bonds is 19. The number of hydrogen-bond donors (Lipinski definition) is 1. The molecule has 12 heteroatoms. The van der Waals surface area contributed by atoms with Crippen molar-refractivity contribution in [2.45, 2.75) is 83.4 Å². The first-order valence-corrected chi connectivity index (χ1v) is 21.8. The highest BCUT2D eigenvalue weighted by molar-refractivity contribution is 5.96. The lowest BCUT2D eigenvalue weighted by molar-refractivity contribution is -0.259. The molecule has 0 aliphatic carbocycles. The van der Waals surface area contributed by atoms with Crippen LogP contribution in [0.4, 0.5) is 0 Å². The molecule has 0 spiro atoms. The Morgan fingerprint density at radius 2 is 1.28 bits per heavy atom. The molecular formula is C53H52N2O10. The number of Topliss-reactive ketones (excluding diaryl/α,β-unsaturated/α-hetero) is 1. The largest absolute Gasteiger partial charge is 0.459 e. The molecule has 0 saturated carbocycles. The average molecular weight is 877 g/mol. The summed E-state index contributed by atoms with van der Waals surface area (Å²) in [6, 6.07) is 39.9. The third-order valence-electron chi connectivity index (χ3n) is 11.4. The van der Waals surface area contributed by atoms with E-state index in [-0.39, 0.29) is 40.7 Å². The van der Waals surface area contributed by atoms with Crippen molar-refractivity contribution in [2.75, 3.05) is 6.61 Å². The molecule has 7 rings (SSSR count). The van der Waals surface area contributed by atoms with Crippen molar-refractivity contribution in [1.82, 2.24) is 10.2 Å². The predicted molar refractivity (Wildman–Crippen MR) is 242 cm³/mol. The average Bonchev–Trinajstić information content (AvgIpc) is 3.73. The summed E-state index contributed by atoms with van der Waals surface area (Å²) >= 11 is 0. The zero-order chi connectivity index (χ0) is 45.7. The lowest BCUT2D eigenvalue weighted by Crippen LogP contribution is -2.60. The van der Waals surface area contributed by atoms with Gasteiger partial charge < -0.3 is 28.5 Å². The number of esters is 3. The molecule has 0 radical (unpaired) electrons. The number of aldehydes is 1. The first-order valence-electron chi connectivity index (χ1n) is 21.8. The number of aromatic amines is 1. The van der Waals surface area contributed by atoms with Crippen LogP contribution in [0.3, 0.4) is 0 Å². The maximum Gasteiger partial charge on any atom is 0.338 e. The van der Waals surface area contributed by atoms with Crippen LogP contribution in [0.25, 0.3) is 0 Å². The quantitative estimate of drug-likeness (QED) is 0.0272. The highest BCUT2D eigenvalue weighted by atomic mass is 16.7. The van der Waals surface area contributed by atoms with Crippen LogP contribution in [0.1, 0.15) is 108 Å². The summed E-state index contributed by atoms with van der Waals surface area (Å²) in [5.41, 5.74) is 5.85. The van der Waals surface area contributed by atoms with Gasteiger partial charge in [0, 0.05) is 36.1 Å². The number of nitrogens with zero attached hydrogens (tertiary/aromatic N) is 1. The Labute approximate surface area is 378 Å². The number of H-pyrrole nitrogens is 1. The first-order chi connectivity index (χ1) is 31.6. The molecule has 334 valence electrons. The van der Waals surface area contributed by atoms with Gasteiger partial charge in [-0.2, -0.15) is 0 Å². The van der Waals surface area contributed by atoms with E-state index in [0.29, 0.717) is 18.4 Å². The van der Waals surface area contributed by atoms with E-state index in [0.717, 1.165) is 47.1 Å². The number of hydrogen-bond acceptors (Lipinski definition) is 11. The third-order valence-corrected chi connectivity index (χ3v) is 11.4. The number of carbonyl (C=O) groups excluding carboxylic acids is 5. The molecule has 1 aromatic heterocycles. The maximum atomic E-state index is 14.3. The number of ketones is 1. The van der Waals surface area contributed by atoms with E-state index < -0.39 is 55.0 Å². The van der Waals surface area contributed by atoms with Gasteiger partial charge in [0.2, 0.25) is 12.2 Å². The Kier molecular flexibility index (Phi) is 15.5. The van der Waals surface area contributed by atoms with Gasteiger partial charge in [0.1, 0.15) is 19.0 Å². The predicted octanol–water partition coefficient (Wildman–Crippen LogP) is 9.26. The summed E-state index contributed by atoms with van der Waals surface area (Å²) in [5, 5.41) is 7.82. The monoisotopic (exact) mass is 876 g/mol. The second-order valence-corrected chi connectivity index (χ2v) is 16.3. The van der Waals surface area contributed by atoms with Crippen LogP contribution in [0.5, 0.6) is 5.88 Å². The number of unbranched alkanes of at least 4 members (excludes halogenated alkanes) is 1. The van der Waals surface area contributed by atoms with Crippen LogP contribution >= 0.6 is 0 Å². The highest BCUT2D eigenvalue weighted by Crippen LogP contribution is 2.38. The van der Waals surface area contributed by atoms with Gasteiger partial charge in [-0.05, 0) is 78.8 Å². The van der Waals surface area contributed by atoms with E-state index in [4.69, 9.17) is 23.7 Å². The van der Waals surface area contributed by atoms with Gasteiger partial charge in [0.15, 0.2) is 18.0 Å². The summed E-state index contributed by atoms with van der Waals surface area (Å²) in [6.07, 6.45) is -2.35. The zero-order valence-corrected chi connectivity index (χ0v) is 36.6. The fraction of sp³-hybridized carbons (Fsp3) is 0.283. The van der Waals surface area contributed by atoms with Gasteiger partial charge >= 0.3 is 17.9 Å². The topological polar surface area (TPSA) is 160 Å². The Morgan fingerprint density at radius 3 is 1.83 bits per heavy atom. The molecule has 5 atom stereocenters. The van der Waals surface area contributed by atoms with Gasteiger partial charge in [-0.25, -0.2) is 14.4 Å². The molecular weight excluding hydrogens is 825 g/mol. The van der Waals surface area contributed by atoms with E-state index in [1.165, 1.54) is 0 Å². The Bertz CT molecular complexity index is 2540. The van der Waals surface area contributed by atoms with E-state index in [9.17, 15) is 24.0 Å². The molecule has 1 aliphatic heterocycles. The van der Waals surface area contributed by atoms with Crippen LogP contribution < -0.4 is 4.74 Å². The van der Waals surface area contributed by atoms with Gasteiger partial charge in [0.05, 0.1) is 22.6 Å². The maximum absolute atomic E-state index is 14.3. The molecule has 1 fully saturated rings. The van der Waals surface area contributed by atoms with Crippen molar-refractivity contribution >= 4 is 30.0 Å². The number of carbonyl (C=O) groups is 5.